The van der Waals surface area contributed by atoms with Crippen LogP contribution in [-0.4, -0.2) is 67.3 Å². The third-order valence-corrected chi connectivity index (χ3v) is 11.9. The van der Waals surface area contributed by atoms with Gasteiger partial charge >= 0.3 is 0 Å². The first-order valence-electron chi connectivity index (χ1n) is 15.4. The number of nitrogens with zero attached hydrogens (tertiary/aromatic N) is 5. The predicted molar refractivity (Wildman–Crippen MR) is 180 cm³/mol. The van der Waals surface area contributed by atoms with Crippen LogP contribution in [0.25, 0.3) is 22.2 Å². The van der Waals surface area contributed by atoms with E-state index in [9.17, 15) is 13.2 Å². The van der Waals surface area contributed by atoms with E-state index in [1.54, 1.807) is 42.0 Å². The van der Waals surface area contributed by atoms with Crippen LogP contribution in [0.2, 0.25) is 0 Å². The minimum absolute atomic E-state index is 0.156. The number of anilines is 3. The van der Waals surface area contributed by atoms with Crippen molar-refractivity contribution < 1.29 is 13.2 Å². The molecule has 2 aliphatic heterocycles. The second kappa shape index (κ2) is 12.9. The van der Waals surface area contributed by atoms with Crippen molar-refractivity contribution in [3.05, 3.63) is 82.4 Å². The number of aromatic nitrogens is 4. The fourth-order valence-electron chi connectivity index (χ4n) is 6.22. The van der Waals surface area contributed by atoms with Crippen molar-refractivity contribution in [3.8, 4) is 11.1 Å². The first-order chi connectivity index (χ1) is 22.4. The Balaban J connectivity index is 1.27. The molecule has 0 amide bonds. The molecule has 238 valence electrons. The van der Waals surface area contributed by atoms with Gasteiger partial charge in [0.25, 0.3) is 5.56 Å². The number of ether oxygens (including phenoxy) is 1. The smallest absolute Gasteiger partial charge is 0.260 e. The molecule has 0 bridgehead atoms. The number of sulfone groups is 1. The lowest BCUT2D eigenvalue weighted by atomic mass is 9.98. The van der Waals surface area contributed by atoms with E-state index in [4.69, 9.17) is 9.72 Å². The highest BCUT2D eigenvalue weighted by atomic mass is 32.2. The summed E-state index contributed by atoms with van der Waals surface area (Å²) in [6.07, 6.45) is 4.76. The summed E-state index contributed by atoms with van der Waals surface area (Å²) in [5.41, 5.74) is 5.30. The molecule has 3 aromatic heterocycles. The molecule has 7 rings (SSSR count). The van der Waals surface area contributed by atoms with Crippen LogP contribution < -0.4 is 21.1 Å². The SMILES string of the molecule is Cc1c(-c2cc3cnc(Nc4ccc(N5CCNCC5)cc4)nc3n(CC3CCOCC3)c2=O)cccc1S(=O)(=O)c1cncs1. The third kappa shape index (κ3) is 6.03. The number of nitrogens with one attached hydrogen (secondary N) is 2. The summed E-state index contributed by atoms with van der Waals surface area (Å²) in [4.78, 5) is 30.2. The summed E-state index contributed by atoms with van der Waals surface area (Å²) in [7, 11) is -3.79. The number of piperazine rings is 1. The maximum Gasteiger partial charge on any atom is 0.260 e. The Morgan fingerprint density at radius 1 is 1.04 bits per heavy atom. The summed E-state index contributed by atoms with van der Waals surface area (Å²) in [6.45, 7) is 7.40. The average molecular weight is 658 g/mol. The second-order valence-electron chi connectivity index (χ2n) is 11.7. The molecule has 11 nitrogen and oxygen atoms in total. The zero-order valence-electron chi connectivity index (χ0n) is 25.5. The molecule has 2 aromatic carbocycles. The van der Waals surface area contributed by atoms with Gasteiger partial charge in [-0.05, 0) is 73.2 Å². The van der Waals surface area contributed by atoms with Crippen LogP contribution in [0, 0.1) is 12.8 Å². The van der Waals surface area contributed by atoms with E-state index in [1.165, 1.54) is 17.4 Å². The topological polar surface area (TPSA) is 131 Å². The van der Waals surface area contributed by atoms with Gasteiger partial charge in [0.15, 0.2) is 0 Å². The van der Waals surface area contributed by atoms with Gasteiger partial charge in [0.1, 0.15) is 9.86 Å². The largest absolute Gasteiger partial charge is 0.381 e. The second-order valence-corrected chi connectivity index (χ2v) is 14.7. The van der Waals surface area contributed by atoms with Gasteiger partial charge in [0, 0.05) is 74.5 Å². The number of benzene rings is 2. The van der Waals surface area contributed by atoms with Crippen LogP contribution in [0.1, 0.15) is 18.4 Å². The summed E-state index contributed by atoms with van der Waals surface area (Å²) in [5, 5.41) is 7.38. The summed E-state index contributed by atoms with van der Waals surface area (Å²) < 4.78 is 34.4. The predicted octanol–water partition coefficient (Wildman–Crippen LogP) is 4.64. The Kier molecular flexibility index (Phi) is 8.56. The lowest BCUT2D eigenvalue weighted by Crippen LogP contribution is -2.43. The lowest BCUT2D eigenvalue weighted by molar-refractivity contribution is 0.0613. The van der Waals surface area contributed by atoms with Crippen LogP contribution >= 0.6 is 11.3 Å². The highest BCUT2D eigenvalue weighted by molar-refractivity contribution is 7.93. The van der Waals surface area contributed by atoms with Crippen LogP contribution in [-0.2, 0) is 21.1 Å². The third-order valence-electron chi connectivity index (χ3n) is 8.75. The lowest BCUT2D eigenvalue weighted by Gasteiger charge is -2.29. The monoisotopic (exact) mass is 657 g/mol. The van der Waals surface area contributed by atoms with E-state index in [1.807, 2.05) is 12.1 Å². The fraction of sp³-hybridized carbons (Fsp3) is 0.333. The number of hydrogen-bond donors (Lipinski definition) is 2. The Morgan fingerprint density at radius 2 is 1.83 bits per heavy atom. The number of pyridine rings is 1. The van der Waals surface area contributed by atoms with Gasteiger partial charge in [0.2, 0.25) is 15.8 Å². The Bertz CT molecular complexity index is 2020. The summed E-state index contributed by atoms with van der Waals surface area (Å²) in [5.74, 6) is 0.636. The number of hydrogen-bond acceptors (Lipinski definition) is 11. The average Bonchev–Trinajstić information content (AvgIpc) is 3.64. The van der Waals surface area contributed by atoms with Crippen molar-refractivity contribution in [3.63, 3.8) is 0 Å². The van der Waals surface area contributed by atoms with Gasteiger partial charge in [0.05, 0.1) is 16.6 Å². The van der Waals surface area contributed by atoms with Gasteiger partial charge in [-0.15, -0.1) is 11.3 Å². The maximum absolute atomic E-state index is 14.3. The molecule has 0 unspecified atom stereocenters. The minimum atomic E-state index is -3.79. The van der Waals surface area contributed by atoms with Gasteiger partial charge in [-0.3, -0.25) is 14.3 Å². The molecule has 0 saturated carbocycles. The Labute approximate surface area is 271 Å². The van der Waals surface area contributed by atoms with Crippen molar-refractivity contribution >= 4 is 49.5 Å². The first-order valence-corrected chi connectivity index (χ1v) is 17.8. The van der Waals surface area contributed by atoms with E-state index in [0.29, 0.717) is 53.4 Å². The van der Waals surface area contributed by atoms with Crippen molar-refractivity contribution in [2.75, 3.05) is 49.6 Å². The molecule has 13 heteroatoms. The highest BCUT2D eigenvalue weighted by Crippen LogP contribution is 2.33. The van der Waals surface area contributed by atoms with E-state index in [0.717, 1.165) is 56.0 Å². The highest BCUT2D eigenvalue weighted by Gasteiger charge is 2.25. The van der Waals surface area contributed by atoms with Crippen molar-refractivity contribution in [1.82, 2.24) is 24.8 Å². The summed E-state index contributed by atoms with van der Waals surface area (Å²) in [6, 6.07) is 15.0. The number of fused-ring (bicyclic) bond motifs is 1. The normalized spacial score (nSPS) is 16.2. The number of thiazole rings is 1. The maximum atomic E-state index is 14.3. The summed E-state index contributed by atoms with van der Waals surface area (Å²) >= 11 is 1.07. The molecule has 0 radical (unpaired) electrons. The van der Waals surface area contributed by atoms with E-state index < -0.39 is 9.84 Å². The van der Waals surface area contributed by atoms with Gasteiger partial charge in [-0.2, -0.15) is 4.98 Å². The van der Waals surface area contributed by atoms with Crippen LogP contribution in [0.4, 0.5) is 17.3 Å². The van der Waals surface area contributed by atoms with Crippen molar-refractivity contribution in [2.45, 2.75) is 35.4 Å². The van der Waals surface area contributed by atoms with Crippen LogP contribution in [0.15, 0.2) is 80.3 Å². The fourth-order valence-corrected chi connectivity index (χ4v) is 8.66. The molecule has 46 heavy (non-hydrogen) atoms. The van der Waals surface area contributed by atoms with Gasteiger partial charge in [-0.1, -0.05) is 12.1 Å². The van der Waals surface area contributed by atoms with Gasteiger partial charge in [-0.25, -0.2) is 13.4 Å². The standard InChI is InChI=1S/C33H35N7O4S2/c1-22-27(3-2-4-29(22)46(42,43)30-19-35-21-45-30)28-17-24-18-36-33(37-25-5-7-26(8-6-25)39-13-11-34-12-14-39)38-31(24)40(32(28)41)20-23-9-15-44-16-10-23/h2-8,17-19,21,23,34H,9-16,20H2,1H3,(H,36,37,38). The molecule has 0 aliphatic carbocycles. The Morgan fingerprint density at radius 3 is 2.57 bits per heavy atom. The first kappa shape index (κ1) is 30.5. The molecule has 2 aliphatic rings. The quantitative estimate of drug-likeness (QED) is 0.243. The van der Waals surface area contributed by atoms with E-state index in [-0.39, 0.29) is 20.6 Å². The molecular formula is C33H35N7O4S2. The molecule has 0 atom stereocenters. The zero-order chi connectivity index (χ0) is 31.7. The van der Waals surface area contributed by atoms with Crippen LogP contribution in [0.5, 0.6) is 0 Å². The van der Waals surface area contributed by atoms with Crippen LogP contribution in [0.3, 0.4) is 0 Å². The van der Waals surface area contributed by atoms with Crippen molar-refractivity contribution in [1.29, 1.82) is 0 Å². The Hall–Kier alpha value is -4.17. The molecule has 5 aromatic rings. The number of rotatable bonds is 8. The molecule has 5 heterocycles. The molecule has 2 N–H and O–H groups in total. The van der Waals surface area contributed by atoms with E-state index >= 15 is 0 Å². The molecule has 0 spiro atoms. The van der Waals surface area contributed by atoms with Crippen molar-refractivity contribution in [2.24, 2.45) is 5.92 Å². The van der Waals surface area contributed by atoms with E-state index in [2.05, 4.69) is 37.6 Å². The molecule has 2 fully saturated rings. The molecular weight excluding hydrogens is 623 g/mol. The zero-order valence-corrected chi connectivity index (χ0v) is 27.1. The molecule has 2 saturated heterocycles. The minimum Gasteiger partial charge on any atom is -0.381 e. The van der Waals surface area contributed by atoms with Gasteiger partial charge < -0.3 is 20.3 Å².